The van der Waals surface area contributed by atoms with Gasteiger partial charge in [-0.15, -0.1) is 0 Å². The minimum atomic E-state index is -4.08. The van der Waals surface area contributed by atoms with Crippen LogP contribution in [0.25, 0.3) is 0 Å². The average Bonchev–Trinajstić information content (AvgIpc) is 2.34. The third-order valence-electron chi connectivity index (χ3n) is 3.31. The molecule has 0 aromatic carbocycles. The molecule has 0 unspecified atom stereocenters. The summed E-state index contributed by atoms with van der Waals surface area (Å²) in [5, 5.41) is 3.35. The minimum absolute atomic E-state index is 0.333. The van der Waals surface area contributed by atoms with E-state index in [0.29, 0.717) is 25.7 Å². The number of piperidine rings is 1. The number of nitrogens with one attached hydrogen (secondary N) is 1. The highest BCUT2D eigenvalue weighted by Crippen LogP contribution is 2.19. The normalized spacial score (nSPS) is 18.9. The second-order valence-corrected chi connectivity index (χ2v) is 5.09. The third kappa shape index (κ3) is 8.44. The van der Waals surface area contributed by atoms with Crippen LogP contribution in [0.15, 0.2) is 0 Å². The SMILES string of the molecule is CCCCOCCNC1CCN(CC(F)(F)F)CC1. The lowest BCUT2D eigenvalue weighted by Gasteiger charge is -2.32. The molecule has 1 saturated heterocycles. The molecule has 0 spiro atoms. The fourth-order valence-electron chi connectivity index (χ4n) is 2.23. The van der Waals surface area contributed by atoms with Gasteiger partial charge >= 0.3 is 6.18 Å². The van der Waals surface area contributed by atoms with Gasteiger partial charge in [-0.2, -0.15) is 13.2 Å². The Balaban J connectivity index is 2.01. The second-order valence-electron chi connectivity index (χ2n) is 5.09. The van der Waals surface area contributed by atoms with E-state index >= 15 is 0 Å². The van der Waals surface area contributed by atoms with Gasteiger partial charge in [0.2, 0.25) is 0 Å². The van der Waals surface area contributed by atoms with Crippen molar-refractivity contribution in [3.8, 4) is 0 Å². The van der Waals surface area contributed by atoms with Crippen molar-refractivity contribution in [2.45, 2.75) is 44.8 Å². The lowest BCUT2D eigenvalue weighted by Crippen LogP contribution is -2.46. The molecule has 6 heteroatoms. The Kier molecular flexibility index (Phi) is 7.71. The molecule has 0 aromatic heterocycles. The highest BCUT2D eigenvalue weighted by molar-refractivity contribution is 4.78. The Bertz CT molecular complexity index is 228. The predicted octanol–water partition coefficient (Wildman–Crippen LogP) is 2.42. The molecule has 0 aromatic rings. The van der Waals surface area contributed by atoms with E-state index in [1.54, 1.807) is 0 Å². The van der Waals surface area contributed by atoms with Crippen LogP contribution in [-0.2, 0) is 4.74 Å². The fraction of sp³-hybridized carbons (Fsp3) is 1.00. The Morgan fingerprint density at radius 3 is 2.47 bits per heavy atom. The van der Waals surface area contributed by atoms with Gasteiger partial charge in [-0.25, -0.2) is 0 Å². The third-order valence-corrected chi connectivity index (χ3v) is 3.31. The fourth-order valence-corrected chi connectivity index (χ4v) is 2.23. The van der Waals surface area contributed by atoms with Gasteiger partial charge in [-0.3, -0.25) is 4.90 Å². The number of nitrogens with zero attached hydrogens (tertiary/aromatic N) is 1. The van der Waals surface area contributed by atoms with Crippen LogP contribution >= 0.6 is 0 Å². The van der Waals surface area contributed by atoms with E-state index in [-0.39, 0.29) is 0 Å². The molecule has 1 fully saturated rings. The number of rotatable bonds is 8. The monoisotopic (exact) mass is 282 g/mol. The number of hydrogen-bond donors (Lipinski definition) is 1. The highest BCUT2D eigenvalue weighted by atomic mass is 19.4. The number of halogens is 3. The van der Waals surface area contributed by atoms with Gasteiger partial charge in [0.25, 0.3) is 0 Å². The molecule has 1 aliphatic rings. The van der Waals surface area contributed by atoms with Crippen molar-refractivity contribution in [2.24, 2.45) is 0 Å². The number of ether oxygens (including phenoxy) is 1. The van der Waals surface area contributed by atoms with E-state index in [1.165, 1.54) is 4.90 Å². The van der Waals surface area contributed by atoms with Crippen LogP contribution in [-0.4, -0.2) is 56.5 Å². The summed E-state index contributed by atoms with van der Waals surface area (Å²) in [6.07, 6.45) is -0.301. The van der Waals surface area contributed by atoms with Crippen LogP contribution in [0.2, 0.25) is 0 Å². The first kappa shape index (κ1) is 16.7. The zero-order valence-corrected chi connectivity index (χ0v) is 11.6. The number of hydrogen-bond acceptors (Lipinski definition) is 3. The summed E-state index contributed by atoms with van der Waals surface area (Å²) in [6.45, 7) is 4.65. The van der Waals surface area contributed by atoms with Crippen LogP contribution in [0.4, 0.5) is 13.2 Å². The Morgan fingerprint density at radius 2 is 1.89 bits per heavy atom. The first-order valence-corrected chi connectivity index (χ1v) is 7.11. The molecule has 0 aliphatic carbocycles. The van der Waals surface area contributed by atoms with Gasteiger partial charge < -0.3 is 10.1 Å². The van der Waals surface area contributed by atoms with Crippen LogP contribution < -0.4 is 5.32 Å². The standard InChI is InChI=1S/C13H25F3N2O/c1-2-3-9-19-10-6-17-12-4-7-18(8-5-12)11-13(14,15)16/h12,17H,2-11H2,1H3. The van der Waals surface area contributed by atoms with Crippen LogP contribution in [0.3, 0.4) is 0 Å². The highest BCUT2D eigenvalue weighted by Gasteiger charge is 2.32. The molecule has 1 rings (SSSR count). The molecule has 3 nitrogen and oxygen atoms in total. The predicted molar refractivity (Wildman–Crippen MR) is 69.2 cm³/mol. The van der Waals surface area contributed by atoms with Crippen LogP contribution in [0, 0.1) is 0 Å². The number of unbranched alkanes of at least 4 members (excludes halogenated alkanes) is 1. The van der Waals surface area contributed by atoms with E-state index in [2.05, 4.69) is 12.2 Å². The lowest BCUT2D eigenvalue weighted by atomic mass is 10.1. The molecule has 114 valence electrons. The van der Waals surface area contributed by atoms with Crippen molar-refractivity contribution in [3.05, 3.63) is 0 Å². The maximum absolute atomic E-state index is 12.2. The van der Waals surface area contributed by atoms with E-state index in [0.717, 1.165) is 38.8 Å². The average molecular weight is 282 g/mol. The molecule has 0 bridgehead atoms. The van der Waals surface area contributed by atoms with Crippen LogP contribution in [0.5, 0.6) is 0 Å². The van der Waals surface area contributed by atoms with Crippen molar-refractivity contribution in [2.75, 3.05) is 39.4 Å². The van der Waals surface area contributed by atoms with Crippen molar-refractivity contribution >= 4 is 0 Å². The van der Waals surface area contributed by atoms with Gasteiger partial charge in [-0.05, 0) is 32.4 Å². The van der Waals surface area contributed by atoms with Crippen LogP contribution in [0.1, 0.15) is 32.6 Å². The number of alkyl halides is 3. The molecule has 0 amide bonds. The smallest absolute Gasteiger partial charge is 0.380 e. The first-order valence-electron chi connectivity index (χ1n) is 7.11. The summed E-state index contributed by atoms with van der Waals surface area (Å²) < 4.78 is 42.1. The molecule has 0 saturated carbocycles. The Morgan fingerprint density at radius 1 is 1.21 bits per heavy atom. The summed E-state index contributed by atoms with van der Waals surface area (Å²) in [5.74, 6) is 0. The molecule has 1 N–H and O–H groups in total. The van der Waals surface area contributed by atoms with E-state index in [1.807, 2.05) is 0 Å². The maximum atomic E-state index is 12.2. The largest absolute Gasteiger partial charge is 0.401 e. The van der Waals surface area contributed by atoms with Crippen molar-refractivity contribution < 1.29 is 17.9 Å². The van der Waals surface area contributed by atoms with Gasteiger partial charge in [0.05, 0.1) is 13.2 Å². The Labute approximate surface area is 113 Å². The molecule has 1 heterocycles. The van der Waals surface area contributed by atoms with Crippen molar-refractivity contribution in [1.29, 1.82) is 0 Å². The lowest BCUT2D eigenvalue weighted by molar-refractivity contribution is -0.148. The summed E-state index contributed by atoms with van der Waals surface area (Å²) in [5.41, 5.74) is 0. The molecule has 1 aliphatic heterocycles. The van der Waals surface area contributed by atoms with Gasteiger partial charge in [0, 0.05) is 19.2 Å². The van der Waals surface area contributed by atoms with Crippen molar-refractivity contribution in [1.82, 2.24) is 10.2 Å². The summed E-state index contributed by atoms with van der Waals surface area (Å²) in [4.78, 5) is 1.48. The van der Waals surface area contributed by atoms with Gasteiger partial charge in [0.15, 0.2) is 0 Å². The first-order chi connectivity index (χ1) is 9.01. The second kappa shape index (κ2) is 8.76. The van der Waals surface area contributed by atoms with E-state index in [9.17, 15) is 13.2 Å². The molecule has 0 radical (unpaired) electrons. The zero-order valence-electron chi connectivity index (χ0n) is 11.6. The van der Waals surface area contributed by atoms with Crippen molar-refractivity contribution in [3.63, 3.8) is 0 Å². The topological polar surface area (TPSA) is 24.5 Å². The van der Waals surface area contributed by atoms with E-state index < -0.39 is 12.7 Å². The molecular weight excluding hydrogens is 257 g/mol. The molecular formula is C13H25F3N2O. The minimum Gasteiger partial charge on any atom is -0.380 e. The quantitative estimate of drug-likeness (QED) is 0.692. The number of likely N-dealkylation sites (tertiary alicyclic amines) is 1. The summed E-state index contributed by atoms with van der Waals surface area (Å²) >= 11 is 0. The zero-order chi connectivity index (χ0) is 14.1. The molecule has 0 atom stereocenters. The maximum Gasteiger partial charge on any atom is 0.401 e. The Hall–Kier alpha value is -0.330. The van der Waals surface area contributed by atoms with Gasteiger partial charge in [-0.1, -0.05) is 13.3 Å². The van der Waals surface area contributed by atoms with Gasteiger partial charge in [0.1, 0.15) is 0 Å². The molecule has 19 heavy (non-hydrogen) atoms. The summed E-state index contributed by atoms with van der Waals surface area (Å²) in [7, 11) is 0. The van der Waals surface area contributed by atoms with E-state index in [4.69, 9.17) is 4.74 Å². The summed E-state index contributed by atoms with van der Waals surface area (Å²) in [6, 6.07) is 0.333.